The molecule has 1 aliphatic heterocycles. The van der Waals surface area contributed by atoms with Crippen LogP contribution in [0.3, 0.4) is 0 Å². The Morgan fingerprint density at radius 3 is 2.56 bits per heavy atom. The standard InChI is InChI=1S/C22H19NO2/c24-22-14-15-23(21-9-5-4-8-20(21)22)18-10-12-19(13-11-18)25-16-17-6-2-1-3-7-17/h1-4,6-15,24H,5,16H2. The third kappa shape index (κ3) is 3.22. The van der Waals surface area contributed by atoms with Gasteiger partial charge in [-0.25, -0.2) is 0 Å². The van der Waals surface area contributed by atoms with Crippen molar-refractivity contribution in [3.05, 3.63) is 108 Å². The van der Waals surface area contributed by atoms with Gasteiger partial charge in [0.2, 0.25) is 0 Å². The molecule has 0 atom stereocenters. The van der Waals surface area contributed by atoms with Crippen LogP contribution in [-0.4, -0.2) is 5.11 Å². The number of benzene rings is 2. The van der Waals surface area contributed by atoms with Crippen LogP contribution in [0.25, 0.3) is 0 Å². The summed E-state index contributed by atoms with van der Waals surface area (Å²) >= 11 is 0. The van der Waals surface area contributed by atoms with Crippen molar-refractivity contribution in [3.63, 3.8) is 0 Å². The molecule has 0 fully saturated rings. The summed E-state index contributed by atoms with van der Waals surface area (Å²) in [5.41, 5.74) is 4.06. The number of hydrogen-bond donors (Lipinski definition) is 1. The number of aliphatic hydroxyl groups excluding tert-OH is 1. The van der Waals surface area contributed by atoms with Gasteiger partial charge in [0.1, 0.15) is 18.1 Å². The van der Waals surface area contributed by atoms with Gasteiger partial charge in [-0.05, 0) is 42.3 Å². The minimum atomic E-state index is 0.307. The predicted molar refractivity (Wildman–Crippen MR) is 100 cm³/mol. The highest BCUT2D eigenvalue weighted by molar-refractivity contribution is 5.67. The second kappa shape index (κ2) is 6.73. The average molecular weight is 329 g/mol. The van der Waals surface area contributed by atoms with Crippen molar-refractivity contribution in [2.45, 2.75) is 13.0 Å². The SMILES string of the molecule is OC1=C2C=CCC=C2N(c2ccc(OCc3ccccc3)cc2)C=C1. The lowest BCUT2D eigenvalue weighted by atomic mass is 10.00. The molecule has 0 radical (unpaired) electrons. The molecule has 0 saturated carbocycles. The zero-order valence-electron chi connectivity index (χ0n) is 13.8. The second-order valence-electron chi connectivity index (χ2n) is 5.98. The van der Waals surface area contributed by atoms with Crippen LogP contribution in [0.4, 0.5) is 5.69 Å². The van der Waals surface area contributed by atoms with Crippen molar-refractivity contribution >= 4 is 5.69 Å². The Kier molecular flexibility index (Phi) is 4.13. The molecule has 2 aromatic carbocycles. The van der Waals surface area contributed by atoms with Crippen LogP contribution in [0.2, 0.25) is 0 Å². The summed E-state index contributed by atoms with van der Waals surface area (Å²) in [6.45, 7) is 0.556. The van der Waals surface area contributed by atoms with E-state index < -0.39 is 0 Å². The number of allylic oxidation sites excluding steroid dienone is 4. The van der Waals surface area contributed by atoms with E-state index >= 15 is 0 Å². The van der Waals surface area contributed by atoms with Gasteiger partial charge in [0, 0.05) is 17.5 Å². The minimum Gasteiger partial charge on any atom is -0.507 e. The largest absolute Gasteiger partial charge is 0.507 e. The van der Waals surface area contributed by atoms with Crippen LogP contribution >= 0.6 is 0 Å². The van der Waals surface area contributed by atoms with Crippen LogP contribution in [-0.2, 0) is 6.61 Å². The third-order valence-corrected chi connectivity index (χ3v) is 4.29. The molecular weight excluding hydrogens is 310 g/mol. The molecule has 0 aromatic heterocycles. The predicted octanol–water partition coefficient (Wildman–Crippen LogP) is 5.26. The van der Waals surface area contributed by atoms with Gasteiger partial charge in [-0.15, -0.1) is 0 Å². The van der Waals surface area contributed by atoms with E-state index in [0.29, 0.717) is 12.4 Å². The fourth-order valence-electron chi connectivity index (χ4n) is 2.99. The van der Waals surface area contributed by atoms with Gasteiger partial charge in [-0.1, -0.05) is 48.6 Å². The van der Waals surface area contributed by atoms with E-state index in [-0.39, 0.29) is 0 Å². The zero-order chi connectivity index (χ0) is 17.1. The van der Waals surface area contributed by atoms with E-state index in [1.165, 1.54) is 0 Å². The fourth-order valence-corrected chi connectivity index (χ4v) is 2.99. The zero-order valence-corrected chi connectivity index (χ0v) is 13.8. The third-order valence-electron chi connectivity index (χ3n) is 4.29. The average Bonchev–Trinajstić information content (AvgIpc) is 2.68. The Morgan fingerprint density at radius 1 is 0.960 bits per heavy atom. The number of nitrogens with zero attached hydrogens (tertiary/aromatic N) is 1. The first-order valence-corrected chi connectivity index (χ1v) is 8.36. The van der Waals surface area contributed by atoms with Gasteiger partial charge in [0.25, 0.3) is 0 Å². The molecule has 124 valence electrons. The lowest BCUT2D eigenvalue weighted by molar-refractivity contribution is 0.306. The van der Waals surface area contributed by atoms with Gasteiger partial charge >= 0.3 is 0 Å². The number of anilines is 1. The van der Waals surface area contributed by atoms with Crippen LogP contribution in [0, 0.1) is 0 Å². The van der Waals surface area contributed by atoms with E-state index in [4.69, 9.17) is 4.74 Å². The Morgan fingerprint density at radius 2 is 1.76 bits per heavy atom. The molecule has 1 N–H and O–H groups in total. The van der Waals surface area contributed by atoms with Gasteiger partial charge in [-0.2, -0.15) is 0 Å². The van der Waals surface area contributed by atoms with E-state index in [1.54, 1.807) is 6.08 Å². The van der Waals surface area contributed by atoms with Crippen molar-refractivity contribution in [3.8, 4) is 5.75 Å². The monoisotopic (exact) mass is 329 g/mol. The first-order valence-electron chi connectivity index (χ1n) is 8.36. The first kappa shape index (κ1) is 15.3. The topological polar surface area (TPSA) is 32.7 Å². The molecule has 2 aromatic rings. The summed E-state index contributed by atoms with van der Waals surface area (Å²) in [5, 5.41) is 10.0. The number of hydrogen-bond acceptors (Lipinski definition) is 3. The molecule has 1 aliphatic carbocycles. The Balaban J connectivity index is 1.49. The molecule has 0 spiro atoms. The molecular formula is C22H19NO2. The van der Waals surface area contributed by atoms with Crippen molar-refractivity contribution in [2.75, 3.05) is 4.90 Å². The van der Waals surface area contributed by atoms with E-state index in [1.807, 2.05) is 60.8 Å². The van der Waals surface area contributed by atoms with Crippen molar-refractivity contribution in [1.82, 2.24) is 0 Å². The summed E-state index contributed by atoms with van der Waals surface area (Å²) in [4.78, 5) is 2.08. The van der Waals surface area contributed by atoms with Gasteiger partial charge in [-0.3, -0.25) is 0 Å². The minimum absolute atomic E-state index is 0.307. The molecule has 4 rings (SSSR count). The fraction of sp³-hybridized carbons (Fsp3) is 0.0909. The lowest BCUT2D eigenvalue weighted by Gasteiger charge is -2.29. The number of fused-ring (bicyclic) bond motifs is 1. The van der Waals surface area contributed by atoms with Crippen LogP contribution < -0.4 is 9.64 Å². The summed E-state index contributed by atoms with van der Waals surface area (Å²) < 4.78 is 5.85. The molecule has 3 heteroatoms. The van der Waals surface area contributed by atoms with Crippen molar-refractivity contribution in [2.24, 2.45) is 0 Å². The molecule has 0 bridgehead atoms. The maximum absolute atomic E-state index is 10.0. The number of aliphatic hydroxyl groups is 1. The highest BCUT2D eigenvalue weighted by Crippen LogP contribution is 2.33. The molecule has 2 aliphatic rings. The quantitative estimate of drug-likeness (QED) is 0.831. The van der Waals surface area contributed by atoms with Crippen LogP contribution in [0.15, 0.2) is 102 Å². The Labute approximate surface area is 147 Å². The highest BCUT2D eigenvalue weighted by Gasteiger charge is 2.20. The van der Waals surface area contributed by atoms with Gasteiger partial charge in [0.05, 0.1) is 5.70 Å². The van der Waals surface area contributed by atoms with Gasteiger partial charge in [0.15, 0.2) is 0 Å². The molecule has 0 unspecified atom stereocenters. The van der Waals surface area contributed by atoms with Crippen molar-refractivity contribution in [1.29, 1.82) is 0 Å². The van der Waals surface area contributed by atoms with Crippen LogP contribution in [0.1, 0.15) is 12.0 Å². The smallest absolute Gasteiger partial charge is 0.126 e. The van der Waals surface area contributed by atoms with E-state index in [2.05, 4.69) is 23.1 Å². The molecule has 25 heavy (non-hydrogen) atoms. The molecule has 3 nitrogen and oxygen atoms in total. The summed E-state index contributed by atoms with van der Waals surface area (Å²) in [6.07, 6.45) is 10.6. The summed E-state index contributed by atoms with van der Waals surface area (Å²) in [6, 6.07) is 18.1. The van der Waals surface area contributed by atoms with Gasteiger partial charge < -0.3 is 14.7 Å². The Bertz CT molecular complexity index is 874. The summed E-state index contributed by atoms with van der Waals surface area (Å²) in [5.74, 6) is 1.14. The summed E-state index contributed by atoms with van der Waals surface area (Å²) in [7, 11) is 0. The number of rotatable bonds is 4. The first-order chi connectivity index (χ1) is 12.3. The highest BCUT2D eigenvalue weighted by atomic mass is 16.5. The Hall–Kier alpha value is -3.20. The van der Waals surface area contributed by atoms with Crippen LogP contribution in [0.5, 0.6) is 5.75 Å². The maximum Gasteiger partial charge on any atom is 0.126 e. The normalized spacial score (nSPS) is 15.8. The van der Waals surface area contributed by atoms with E-state index in [0.717, 1.165) is 34.7 Å². The molecule has 0 saturated heterocycles. The second-order valence-corrected chi connectivity index (χ2v) is 5.98. The van der Waals surface area contributed by atoms with E-state index in [9.17, 15) is 5.11 Å². The molecule has 0 amide bonds. The molecule has 1 heterocycles. The maximum atomic E-state index is 10.0. The number of ether oxygens (including phenoxy) is 1. The lowest BCUT2D eigenvalue weighted by Crippen LogP contribution is -2.21. The van der Waals surface area contributed by atoms with Crippen molar-refractivity contribution < 1.29 is 9.84 Å².